The third-order valence-corrected chi connectivity index (χ3v) is 5.36. The molecule has 1 aromatic rings. The predicted octanol–water partition coefficient (Wildman–Crippen LogP) is 1.55. The monoisotopic (exact) mass is 362 g/mol. The summed E-state index contributed by atoms with van der Waals surface area (Å²) in [6, 6.07) is 8.59. The molecular weight excluding hydrogens is 336 g/mol. The van der Waals surface area contributed by atoms with Crippen molar-refractivity contribution in [2.75, 3.05) is 6.61 Å². The molecule has 4 rings (SSSR count). The summed E-state index contributed by atoms with van der Waals surface area (Å²) >= 11 is 0. The van der Waals surface area contributed by atoms with Gasteiger partial charge in [0.1, 0.15) is 18.0 Å². The first-order valence-electron chi connectivity index (χ1n) is 9.44. The Morgan fingerprint density at radius 2 is 1.88 bits per heavy atom. The van der Waals surface area contributed by atoms with Gasteiger partial charge in [-0.2, -0.15) is 0 Å². The molecule has 3 N–H and O–H groups in total. The maximum atomic E-state index is 12.4. The van der Waals surface area contributed by atoms with Gasteiger partial charge in [0.05, 0.1) is 12.6 Å². The van der Waals surface area contributed by atoms with Gasteiger partial charge < -0.3 is 30.0 Å². The number of urea groups is 1. The molecule has 5 atom stereocenters. The largest absolute Gasteiger partial charge is 0.482 e. The van der Waals surface area contributed by atoms with Crippen molar-refractivity contribution in [2.45, 2.75) is 68.8 Å². The topological polar surface area (TPSA) is 89.1 Å². The molecule has 0 unspecified atom stereocenters. The summed E-state index contributed by atoms with van der Waals surface area (Å²) in [7, 11) is 0. The van der Waals surface area contributed by atoms with Crippen LogP contribution in [0.2, 0.25) is 0 Å². The van der Waals surface area contributed by atoms with Crippen LogP contribution in [-0.4, -0.2) is 54.4 Å². The lowest BCUT2D eigenvalue weighted by Crippen LogP contribution is -2.63. The smallest absolute Gasteiger partial charge is 0.315 e. The Morgan fingerprint density at radius 3 is 2.65 bits per heavy atom. The van der Waals surface area contributed by atoms with Crippen LogP contribution >= 0.6 is 0 Å². The molecule has 2 amide bonds. The van der Waals surface area contributed by atoms with Crippen LogP contribution in [0.3, 0.4) is 0 Å². The van der Waals surface area contributed by atoms with Crippen molar-refractivity contribution in [1.29, 1.82) is 0 Å². The van der Waals surface area contributed by atoms with Crippen molar-refractivity contribution >= 4 is 6.03 Å². The number of amides is 2. The third kappa shape index (κ3) is 3.79. The van der Waals surface area contributed by atoms with Gasteiger partial charge in [0.15, 0.2) is 12.4 Å². The predicted molar refractivity (Wildman–Crippen MR) is 93.8 cm³/mol. The molecule has 3 fully saturated rings. The van der Waals surface area contributed by atoms with Crippen LogP contribution in [0.4, 0.5) is 4.79 Å². The Bertz CT molecular complexity index is 607. The maximum Gasteiger partial charge on any atom is 0.315 e. The zero-order chi connectivity index (χ0) is 17.9. The van der Waals surface area contributed by atoms with E-state index in [1.807, 2.05) is 30.3 Å². The minimum Gasteiger partial charge on any atom is -0.482 e. The van der Waals surface area contributed by atoms with Crippen molar-refractivity contribution in [3.63, 3.8) is 0 Å². The molecule has 0 spiro atoms. The standard InChI is InChI=1S/C19H26N2O5/c22-16-15(21-19(23)20-12-7-3-1-4-8-12)14-11-24-18(26-14)17(16)25-13-9-5-2-6-10-13/h2,5-6,9-10,12,14-18,22H,1,3-4,7-8,11H2,(H2,20,21,23)/t14-,15+,16-,17-,18+/m0/s1. The number of fused-ring (bicyclic) bond motifs is 2. The van der Waals surface area contributed by atoms with Gasteiger partial charge in [-0.1, -0.05) is 37.5 Å². The maximum absolute atomic E-state index is 12.4. The average molecular weight is 362 g/mol. The van der Waals surface area contributed by atoms with Gasteiger partial charge in [0.25, 0.3) is 0 Å². The third-order valence-electron chi connectivity index (χ3n) is 5.36. The number of aliphatic hydroxyl groups excluding tert-OH is 1. The van der Waals surface area contributed by atoms with Crippen molar-refractivity contribution in [2.24, 2.45) is 0 Å². The molecule has 0 radical (unpaired) electrons. The molecule has 1 aliphatic carbocycles. The van der Waals surface area contributed by atoms with E-state index in [9.17, 15) is 9.90 Å². The lowest BCUT2D eigenvalue weighted by molar-refractivity contribution is -0.192. The van der Waals surface area contributed by atoms with Crippen LogP contribution in [0.5, 0.6) is 5.75 Å². The molecular formula is C19H26N2O5. The molecule has 7 heteroatoms. The summed E-state index contributed by atoms with van der Waals surface area (Å²) in [6.07, 6.45) is 2.91. The first-order valence-corrected chi connectivity index (χ1v) is 9.44. The molecule has 7 nitrogen and oxygen atoms in total. The lowest BCUT2D eigenvalue weighted by atomic mass is 9.95. The fourth-order valence-corrected chi connectivity index (χ4v) is 3.97. The second-order valence-corrected chi connectivity index (χ2v) is 7.24. The zero-order valence-electron chi connectivity index (χ0n) is 14.7. The molecule has 3 aliphatic rings. The molecule has 0 aromatic heterocycles. The van der Waals surface area contributed by atoms with Crippen LogP contribution < -0.4 is 15.4 Å². The molecule has 1 aromatic carbocycles. The minimum absolute atomic E-state index is 0.203. The summed E-state index contributed by atoms with van der Waals surface area (Å²) in [4.78, 5) is 12.4. The number of hydrogen-bond acceptors (Lipinski definition) is 5. The quantitative estimate of drug-likeness (QED) is 0.756. The summed E-state index contributed by atoms with van der Waals surface area (Å²) in [6.45, 7) is 0.324. The molecule has 2 aliphatic heterocycles. The zero-order valence-corrected chi connectivity index (χ0v) is 14.7. The molecule has 2 saturated heterocycles. The van der Waals surface area contributed by atoms with Gasteiger partial charge in [-0.3, -0.25) is 0 Å². The average Bonchev–Trinajstić information content (AvgIpc) is 3.10. The van der Waals surface area contributed by atoms with Gasteiger partial charge in [0, 0.05) is 6.04 Å². The normalized spacial score (nSPS) is 34.3. The van der Waals surface area contributed by atoms with E-state index in [1.54, 1.807) is 0 Å². The lowest BCUT2D eigenvalue weighted by Gasteiger charge is -2.38. The fraction of sp³-hybridized carbons (Fsp3) is 0.632. The number of rotatable bonds is 4. The highest BCUT2D eigenvalue weighted by molar-refractivity contribution is 5.74. The highest BCUT2D eigenvalue weighted by Gasteiger charge is 2.52. The first kappa shape index (κ1) is 17.6. The van der Waals surface area contributed by atoms with Crippen LogP contribution in [0, 0.1) is 0 Å². The summed E-state index contributed by atoms with van der Waals surface area (Å²) in [5.74, 6) is 0.625. The van der Waals surface area contributed by atoms with Crippen LogP contribution in [0.15, 0.2) is 30.3 Å². The summed E-state index contributed by atoms with van der Waals surface area (Å²) in [5, 5.41) is 16.7. The fourth-order valence-electron chi connectivity index (χ4n) is 3.97. The van der Waals surface area contributed by atoms with Crippen molar-refractivity contribution < 1.29 is 24.1 Å². The number of carbonyl (C=O) groups is 1. The number of para-hydroxylation sites is 1. The number of aliphatic hydroxyl groups is 1. The summed E-state index contributed by atoms with van der Waals surface area (Å²) in [5.41, 5.74) is 0. The van der Waals surface area contributed by atoms with Crippen LogP contribution in [0.25, 0.3) is 0 Å². The Balaban J connectivity index is 1.39. The molecule has 1 saturated carbocycles. The van der Waals surface area contributed by atoms with Gasteiger partial charge in [-0.15, -0.1) is 0 Å². The first-order chi connectivity index (χ1) is 12.7. The van der Waals surface area contributed by atoms with E-state index in [0.29, 0.717) is 12.4 Å². The second kappa shape index (κ2) is 7.82. The highest BCUT2D eigenvalue weighted by Crippen LogP contribution is 2.31. The van der Waals surface area contributed by atoms with Gasteiger partial charge in [-0.25, -0.2) is 4.79 Å². The molecule has 26 heavy (non-hydrogen) atoms. The van der Waals surface area contributed by atoms with Crippen LogP contribution in [0.1, 0.15) is 32.1 Å². The van der Waals surface area contributed by atoms with E-state index < -0.39 is 24.5 Å². The SMILES string of the molecule is O=C(NC1CCCCC1)N[C@H]1[C@H](O)[C@H](Oc2ccccc2)[C@@H]2OC[C@@H]1O2. The molecule has 2 bridgehead atoms. The van der Waals surface area contributed by atoms with Crippen LogP contribution in [-0.2, 0) is 9.47 Å². The Morgan fingerprint density at radius 1 is 1.12 bits per heavy atom. The molecule has 142 valence electrons. The molecule has 2 heterocycles. The van der Waals surface area contributed by atoms with E-state index in [0.717, 1.165) is 25.7 Å². The Kier molecular flexibility index (Phi) is 5.28. The minimum atomic E-state index is -0.918. The number of ether oxygens (including phenoxy) is 3. The summed E-state index contributed by atoms with van der Waals surface area (Å²) < 4.78 is 17.3. The van der Waals surface area contributed by atoms with Crippen molar-refractivity contribution in [1.82, 2.24) is 10.6 Å². The Labute approximate surface area is 153 Å². The number of hydrogen-bond donors (Lipinski definition) is 3. The van der Waals surface area contributed by atoms with E-state index >= 15 is 0 Å². The van der Waals surface area contributed by atoms with E-state index in [2.05, 4.69) is 10.6 Å². The highest BCUT2D eigenvalue weighted by atomic mass is 16.7. The van der Waals surface area contributed by atoms with Crippen molar-refractivity contribution in [3.8, 4) is 5.75 Å². The van der Waals surface area contributed by atoms with E-state index in [1.165, 1.54) is 6.42 Å². The number of benzene rings is 1. The van der Waals surface area contributed by atoms with Crippen molar-refractivity contribution in [3.05, 3.63) is 30.3 Å². The number of nitrogens with one attached hydrogen (secondary N) is 2. The van der Waals surface area contributed by atoms with E-state index in [4.69, 9.17) is 14.2 Å². The Hall–Kier alpha value is -1.83. The van der Waals surface area contributed by atoms with Gasteiger partial charge in [-0.05, 0) is 25.0 Å². The van der Waals surface area contributed by atoms with Gasteiger partial charge in [0.2, 0.25) is 0 Å². The van der Waals surface area contributed by atoms with E-state index in [-0.39, 0.29) is 18.2 Å². The van der Waals surface area contributed by atoms with Gasteiger partial charge >= 0.3 is 6.03 Å². The number of carbonyl (C=O) groups excluding carboxylic acids is 1. The second-order valence-electron chi connectivity index (χ2n) is 7.24.